The fraction of sp³-hybridized carbons (Fsp3) is 0.583. The van der Waals surface area contributed by atoms with Gasteiger partial charge in [0.2, 0.25) is 0 Å². The topological polar surface area (TPSA) is 48.1 Å². The molecule has 88 valence electrons. The Labute approximate surface area is 105 Å². The zero-order valence-electron chi connectivity index (χ0n) is 9.50. The number of hydrogen-bond donors (Lipinski definition) is 1. The number of hydrogen-bond acceptors (Lipinski definition) is 3. The Balaban J connectivity index is 2.52. The molecule has 3 nitrogen and oxygen atoms in total. The minimum Gasteiger partial charge on any atom is -0.495 e. The van der Waals surface area contributed by atoms with Gasteiger partial charge in [0.25, 0.3) is 0 Å². The van der Waals surface area contributed by atoms with Crippen molar-refractivity contribution < 1.29 is 4.74 Å². The second-order valence-electron chi connectivity index (χ2n) is 4.39. The Kier molecular flexibility index (Phi) is 3.50. The van der Waals surface area contributed by atoms with Crippen LogP contribution in [-0.2, 0) is 5.41 Å². The fourth-order valence-electron chi connectivity index (χ4n) is 2.69. The molecule has 0 aliphatic heterocycles. The van der Waals surface area contributed by atoms with Crippen LogP contribution in [0.3, 0.4) is 0 Å². The number of halogens is 1. The van der Waals surface area contributed by atoms with Gasteiger partial charge in [-0.1, -0.05) is 12.8 Å². The summed E-state index contributed by atoms with van der Waals surface area (Å²) < 4.78 is 6.43. The molecule has 1 saturated carbocycles. The van der Waals surface area contributed by atoms with Crippen molar-refractivity contribution in [3.63, 3.8) is 0 Å². The van der Waals surface area contributed by atoms with E-state index in [1.165, 1.54) is 18.4 Å². The molecule has 0 spiro atoms. The van der Waals surface area contributed by atoms with E-state index in [9.17, 15) is 0 Å². The molecular formula is C12H17BrN2O. The summed E-state index contributed by atoms with van der Waals surface area (Å²) in [6.45, 7) is 0.673. The van der Waals surface area contributed by atoms with Crippen LogP contribution in [0.2, 0.25) is 0 Å². The average Bonchev–Trinajstić information content (AvgIpc) is 2.78. The monoisotopic (exact) mass is 284 g/mol. The normalized spacial score (nSPS) is 18.7. The molecule has 2 N–H and O–H groups in total. The van der Waals surface area contributed by atoms with Crippen LogP contribution >= 0.6 is 15.9 Å². The zero-order chi connectivity index (χ0) is 11.6. The van der Waals surface area contributed by atoms with Crippen LogP contribution in [0.25, 0.3) is 0 Å². The van der Waals surface area contributed by atoms with Gasteiger partial charge in [-0.25, -0.2) is 0 Å². The minimum absolute atomic E-state index is 0.0765. The van der Waals surface area contributed by atoms with Crippen molar-refractivity contribution in [3.05, 3.63) is 22.4 Å². The molecule has 0 aromatic carbocycles. The highest BCUT2D eigenvalue weighted by Crippen LogP contribution is 2.46. The number of aromatic nitrogens is 1. The Morgan fingerprint density at radius 2 is 2.12 bits per heavy atom. The standard InChI is InChI=1S/C12H17BrN2O/c1-16-10-7-15-6-9(13)11(10)12(8-14)4-2-3-5-12/h6-7H,2-5,8,14H2,1H3. The molecule has 1 fully saturated rings. The van der Waals surface area contributed by atoms with Crippen LogP contribution < -0.4 is 10.5 Å². The highest BCUT2D eigenvalue weighted by Gasteiger charge is 2.38. The van der Waals surface area contributed by atoms with Gasteiger partial charge >= 0.3 is 0 Å². The molecule has 0 amide bonds. The van der Waals surface area contributed by atoms with Crippen LogP contribution in [0.1, 0.15) is 31.2 Å². The Bertz CT molecular complexity index is 375. The minimum atomic E-state index is 0.0765. The lowest BCUT2D eigenvalue weighted by Crippen LogP contribution is -2.33. The van der Waals surface area contributed by atoms with Gasteiger partial charge in [-0.15, -0.1) is 0 Å². The predicted octanol–water partition coefficient (Wildman–Crippen LogP) is 2.62. The van der Waals surface area contributed by atoms with E-state index in [1.54, 1.807) is 13.3 Å². The first kappa shape index (κ1) is 11.9. The molecule has 0 atom stereocenters. The van der Waals surface area contributed by atoms with Gasteiger partial charge in [0.15, 0.2) is 0 Å². The smallest absolute Gasteiger partial charge is 0.142 e. The number of methoxy groups -OCH3 is 1. The highest BCUT2D eigenvalue weighted by atomic mass is 79.9. The van der Waals surface area contributed by atoms with Gasteiger partial charge in [0.05, 0.1) is 13.3 Å². The van der Waals surface area contributed by atoms with Gasteiger partial charge in [-0.2, -0.15) is 0 Å². The third kappa shape index (κ3) is 1.84. The first-order chi connectivity index (χ1) is 7.73. The van der Waals surface area contributed by atoms with E-state index in [4.69, 9.17) is 10.5 Å². The van der Waals surface area contributed by atoms with Gasteiger partial charge in [0.1, 0.15) is 5.75 Å². The molecule has 16 heavy (non-hydrogen) atoms. The first-order valence-corrected chi connectivity index (χ1v) is 6.41. The molecular weight excluding hydrogens is 268 g/mol. The molecule has 1 heterocycles. The van der Waals surface area contributed by atoms with Crippen molar-refractivity contribution in [2.24, 2.45) is 5.73 Å². The first-order valence-electron chi connectivity index (χ1n) is 5.61. The second-order valence-corrected chi connectivity index (χ2v) is 5.24. The fourth-order valence-corrected chi connectivity index (χ4v) is 3.43. The molecule has 1 aliphatic rings. The average molecular weight is 285 g/mol. The van der Waals surface area contributed by atoms with Crippen molar-refractivity contribution in [2.75, 3.05) is 13.7 Å². The van der Waals surface area contributed by atoms with Crippen LogP contribution in [0.15, 0.2) is 16.9 Å². The summed E-state index contributed by atoms with van der Waals surface area (Å²) in [5.74, 6) is 0.849. The van der Waals surface area contributed by atoms with Crippen molar-refractivity contribution in [1.82, 2.24) is 4.98 Å². The van der Waals surface area contributed by atoms with E-state index in [0.29, 0.717) is 6.54 Å². The van der Waals surface area contributed by atoms with E-state index in [1.807, 2.05) is 6.20 Å². The Hall–Kier alpha value is -0.610. The largest absolute Gasteiger partial charge is 0.495 e. The molecule has 2 rings (SSSR count). The molecule has 1 aliphatic carbocycles. The number of rotatable bonds is 3. The number of ether oxygens (including phenoxy) is 1. The lowest BCUT2D eigenvalue weighted by atomic mass is 9.79. The molecule has 0 bridgehead atoms. The van der Waals surface area contributed by atoms with E-state index < -0.39 is 0 Å². The Morgan fingerprint density at radius 1 is 1.44 bits per heavy atom. The second kappa shape index (κ2) is 4.72. The van der Waals surface area contributed by atoms with E-state index in [2.05, 4.69) is 20.9 Å². The van der Waals surface area contributed by atoms with Crippen molar-refractivity contribution in [1.29, 1.82) is 0 Å². The van der Waals surface area contributed by atoms with E-state index >= 15 is 0 Å². The lowest BCUT2D eigenvalue weighted by Gasteiger charge is -2.30. The number of nitrogens with zero attached hydrogens (tertiary/aromatic N) is 1. The van der Waals surface area contributed by atoms with Gasteiger partial charge in [-0.3, -0.25) is 4.98 Å². The maximum absolute atomic E-state index is 6.00. The van der Waals surface area contributed by atoms with E-state index in [-0.39, 0.29) is 5.41 Å². The van der Waals surface area contributed by atoms with Crippen LogP contribution in [0, 0.1) is 0 Å². The quantitative estimate of drug-likeness (QED) is 0.928. The lowest BCUT2D eigenvalue weighted by molar-refractivity contribution is 0.374. The van der Waals surface area contributed by atoms with Crippen molar-refractivity contribution in [3.8, 4) is 5.75 Å². The van der Waals surface area contributed by atoms with E-state index in [0.717, 1.165) is 23.1 Å². The molecule has 0 saturated heterocycles. The van der Waals surface area contributed by atoms with Gasteiger partial charge in [-0.05, 0) is 28.8 Å². The molecule has 4 heteroatoms. The summed E-state index contributed by atoms with van der Waals surface area (Å²) in [5.41, 5.74) is 7.27. The summed E-state index contributed by atoms with van der Waals surface area (Å²) in [7, 11) is 1.69. The van der Waals surface area contributed by atoms with Crippen LogP contribution in [-0.4, -0.2) is 18.6 Å². The maximum atomic E-state index is 6.00. The van der Waals surface area contributed by atoms with Crippen molar-refractivity contribution in [2.45, 2.75) is 31.1 Å². The summed E-state index contributed by atoms with van der Waals surface area (Å²) in [5, 5.41) is 0. The molecule has 0 unspecified atom stereocenters. The van der Waals surface area contributed by atoms with Crippen LogP contribution in [0.4, 0.5) is 0 Å². The number of nitrogens with two attached hydrogens (primary N) is 1. The Morgan fingerprint density at radius 3 is 2.69 bits per heavy atom. The molecule has 1 aromatic rings. The molecule has 0 radical (unpaired) electrons. The van der Waals surface area contributed by atoms with Gasteiger partial charge < -0.3 is 10.5 Å². The third-order valence-corrected chi connectivity index (χ3v) is 4.17. The zero-order valence-corrected chi connectivity index (χ0v) is 11.1. The van der Waals surface area contributed by atoms with Crippen LogP contribution in [0.5, 0.6) is 5.75 Å². The van der Waals surface area contributed by atoms with Crippen molar-refractivity contribution >= 4 is 15.9 Å². The summed E-state index contributed by atoms with van der Waals surface area (Å²) in [6.07, 6.45) is 8.37. The summed E-state index contributed by atoms with van der Waals surface area (Å²) >= 11 is 3.58. The summed E-state index contributed by atoms with van der Waals surface area (Å²) in [6, 6.07) is 0. The highest BCUT2D eigenvalue weighted by molar-refractivity contribution is 9.10. The molecule has 1 aromatic heterocycles. The van der Waals surface area contributed by atoms with Gasteiger partial charge in [0, 0.05) is 28.2 Å². The predicted molar refractivity (Wildman–Crippen MR) is 67.7 cm³/mol. The SMILES string of the molecule is COc1cncc(Br)c1C1(CN)CCCC1. The number of pyridine rings is 1. The summed E-state index contributed by atoms with van der Waals surface area (Å²) in [4.78, 5) is 4.14. The maximum Gasteiger partial charge on any atom is 0.142 e. The third-order valence-electron chi connectivity index (χ3n) is 3.57.